The lowest BCUT2D eigenvalue weighted by atomic mass is 9.90. The highest BCUT2D eigenvalue weighted by molar-refractivity contribution is 6.31. The smallest absolute Gasteiger partial charge is 0.123 e. The van der Waals surface area contributed by atoms with Crippen LogP contribution in [0.4, 0.5) is 4.39 Å². The van der Waals surface area contributed by atoms with Crippen LogP contribution >= 0.6 is 11.6 Å². The third-order valence-electron chi connectivity index (χ3n) is 2.78. The summed E-state index contributed by atoms with van der Waals surface area (Å²) in [5.74, 6) is -0.366. The molecule has 0 aliphatic carbocycles. The van der Waals surface area contributed by atoms with Crippen LogP contribution in [-0.4, -0.2) is 5.11 Å². The fourth-order valence-corrected chi connectivity index (χ4v) is 2.09. The monoisotopic (exact) mass is 244 g/mol. The molecule has 0 heterocycles. The summed E-state index contributed by atoms with van der Waals surface area (Å²) in [4.78, 5) is 0. The molecule has 0 fully saturated rings. The molecule has 1 nitrogen and oxygen atoms in total. The van der Waals surface area contributed by atoms with Crippen molar-refractivity contribution in [1.82, 2.24) is 0 Å². The second-order valence-corrected chi connectivity index (χ2v) is 4.76. The summed E-state index contributed by atoms with van der Waals surface area (Å²) >= 11 is 5.97. The predicted octanol–water partition coefficient (Wildman–Crippen LogP) is 4.27. The summed E-state index contributed by atoms with van der Waals surface area (Å²) < 4.78 is 13.1. The Hall–Kier alpha value is -0.600. The van der Waals surface area contributed by atoms with Crippen LogP contribution in [0.3, 0.4) is 0 Å². The minimum absolute atomic E-state index is 0.366. The van der Waals surface area contributed by atoms with E-state index >= 15 is 0 Å². The molecule has 0 amide bonds. The van der Waals surface area contributed by atoms with E-state index in [1.807, 2.05) is 0 Å². The summed E-state index contributed by atoms with van der Waals surface area (Å²) in [5, 5.41) is 10.7. The number of rotatable bonds is 5. The summed E-state index contributed by atoms with van der Waals surface area (Å²) in [6.45, 7) is 3.78. The van der Waals surface area contributed by atoms with E-state index in [2.05, 4.69) is 6.92 Å². The molecule has 0 bridgehead atoms. The molecule has 0 aliphatic heterocycles. The van der Waals surface area contributed by atoms with Crippen LogP contribution in [0.2, 0.25) is 5.02 Å². The summed E-state index contributed by atoms with van der Waals surface area (Å²) in [6.07, 6.45) is 3.66. The number of unbranched alkanes of at least 4 members (excludes halogenated alkanes) is 2. The van der Waals surface area contributed by atoms with Crippen molar-refractivity contribution >= 4 is 11.6 Å². The molecule has 0 radical (unpaired) electrons. The fraction of sp³-hybridized carbons (Fsp3) is 0.538. The molecule has 1 aromatic rings. The van der Waals surface area contributed by atoms with Gasteiger partial charge in [-0.25, -0.2) is 4.39 Å². The van der Waals surface area contributed by atoms with E-state index in [0.29, 0.717) is 17.0 Å². The average molecular weight is 245 g/mol. The highest BCUT2D eigenvalue weighted by atomic mass is 35.5. The van der Waals surface area contributed by atoms with Crippen LogP contribution in [0.1, 0.15) is 45.1 Å². The lowest BCUT2D eigenvalue weighted by Gasteiger charge is -2.25. The molecule has 90 valence electrons. The van der Waals surface area contributed by atoms with Crippen molar-refractivity contribution in [3.8, 4) is 0 Å². The van der Waals surface area contributed by atoms with Gasteiger partial charge in [0.2, 0.25) is 0 Å². The zero-order valence-electron chi connectivity index (χ0n) is 9.76. The van der Waals surface area contributed by atoms with Crippen molar-refractivity contribution in [3.63, 3.8) is 0 Å². The first-order chi connectivity index (χ1) is 7.47. The quantitative estimate of drug-likeness (QED) is 0.767. The van der Waals surface area contributed by atoms with Crippen LogP contribution in [0.25, 0.3) is 0 Å². The fourth-order valence-electron chi connectivity index (χ4n) is 1.76. The minimum Gasteiger partial charge on any atom is -0.385 e. The normalized spacial score (nSPS) is 14.8. The van der Waals surface area contributed by atoms with Gasteiger partial charge in [0.05, 0.1) is 5.60 Å². The molecular formula is C13H18ClFO. The molecule has 0 aromatic heterocycles. The van der Waals surface area contributed by atoms with Gasteiger partial charge in [0, 0.05) is 10.6 Å². The van der Waals surface area contributed by atoms with E-state index in [-0.39, 0.29) is 5.82 Å². The maximum absolute atomic E-state index is 13.1. The summed E-state index contributed by atoms with van der Waals surface area (Å²) in [7, 11) is 0. The van der Waals surface area contributed by atoms with E-state index < -0.39 is 5.60 Å². The molecule has 0 saturated heterocycles. The van der Waals surface area contributed by atoms with Crippen molar-refractivity contribution in [1.29, 1.82) is 0 Å². The first-order valence-corrected chi connectivity index (χ1v) is 6.03. The van der Waals surface area contributed by atoms with E-state index in [4.69, 9.17) is 11.6 Å². The third-order valence-corrected chi connectivity index (χ3v) is 3.11. The van der Waals surface area contributed by atoms with Crippen molar-refractivity contribution in [2.75, 3.05) is 0 Å². The number of hydrogen-bond donors (Lipinski definition) is 1. The zero-order chi connectivity index (χ0) is 12.2. The van der Waals surface area contributed by atoms with Gasteiger partial charge >= 0.3 is 0 Å². The first kappa shape index (κ1) is 13.5. The number of aliphatic hydroxyl groups is 1. The Labute approximate surface area is 101 Å². The lowest BCUT2D eigenvalue weighted by Crippen LogP contribution is -2.21. The van der Waals surface area contributed by atoms with Gasteiger partial charge in [-0.2, -0.15) is 0 Å². The second-order valence-electron chi connectivity index (χ2n) is 4.36. The third kappa shape index (κ3) is 3.46. The van der Waals surface area contributed by atoms with Gasteiger partial charge in [-0.05, 0) is 31.5 Å². The molecule has 1 atom stereocenters. The van der Waals surface area contributed by atoms with E-state index in [0.717, 1.165) is 19.3 Å². The van der Waals surface area contributed by atoms with Crippen LogP contribution in [0, 0.1) is 5.82 Å². The molecule has 1 N–H and O–H groups in total. The van der Waals surface area contributed by atoms with Gasteiger partial charge in [-0.1, -0.05) is 37.8 Å². The average Bonchev–Trinajstić information content (AvgIpc) is 2.22. The molecule has 1 unspecified atom stereocenters. The van der Waals surface area contributed by atoms with E-state index in [1.54, 1.807) is 6.92 Å². The maximum atomic E-state index is 13.1. The molecular weight excluding hydrogens is 227 g/mol. The van der Waals surface area contributed by atoms with Gasteiger partial charge in [-0.15, -0.1) is 0 Å². The van der Waals surface area contributed by atoms with E-state index in [9.17, 15) is 9.50 Å². The largest absolute Gasteiger partial charge is 0.385 e. The molecule has 0 aliphatic rings. The lowest BCUT2D eigenvalue weighted by molar-refractivity contribution is 0.0447. The molecule has 1 aromatic carbocycles. The standard InChI is InChI=1S/C13H18ClFO/c1-3-4-5-8-13(2,16)11-9-10(15)6-7-12(11)14/h6-7,9,16H,3-5,8H2,1-2H3. The number of benzene rings is 1. The van der Waals surface area contributed by atoms with Crippen molar-refractivity contribution < 1.29 is 9.50 Å². The molecule has 16 heavy (non-hydrogen) atoms. The van der Waals surface area contributed by atoms with Crippen molar-refractivity contribution in [3.05, 3.63) is 34.6 Å². The van der Waals surface area contributed by atoms with Crippen molar-refractivity contribution in [2.45, 2.75) is 45.1 Å². The number of halogens is 2. The summed E-state index contributed by atoms with van der Waals surface area (Å²) in [6, 6.07) is 4.10. The highest BCUT2D eigenvalue weighted by Gasteiger charge is 2.25. The van der Waals surface area contributed by atoms with Crippen molar-refractivity contribution in [2.24, 2.45) is 0 Å². The molecule has 0 saturated carbocycles. The summed E-state index contributed by atoms with van der Waals surface area (Å²) in [5.41, 5.74) is -0.570. The topological polar surface area (TPSA) is 20.2 Å². The van der Waals surface area contributed by atoms with Crippen LogP contribution in [0.15, 0.2) is 18.2 Å². The van der Waals surface area contributed by atoms with Gasteiger partial charge in [0.25, 0.3) is 0 Å². The van der Waals surface area contributed by atoms with E-state index in [1.165, 1.54) is 18.2 Å². The number of hydrogen-bond acceptors (Lipinski definition) is 1. The zero-order valence-corrected chi connectivity index (χ0v) is 10.5. The molecule has 0 spiro atoms. The Balaban J connectivity index is 2.83. The first-order valence-electron chi connectivity index (χ1n) is 5.65. The Morgan fingerprint density at radius 3 is 2.69 bits per heavy atom. The Morgan fingerprint density at radius 1 is 1.38 bits per heavy atom. The van der Waals surface area contributed by atoms with Crippen LogP contribution < -0.4 is 0 Å². The Morgan fingerprint density at radius 2 is 2.06 bits per heavy atom. The Bertz CT molecular complexity index is 350. The van der Waals surface area contributed by atoms with Gasteiger partial charge in [0.15, 0.2) is 0 Å². The SMILES string of the molecule is CCCCCC(C)(O)c1cc(F)ccc1Cl. The minimum atomic E-state index is -1.05. The predicted molar refractivity (Wildman–Crippen MR) is 65.1 cm³/mol. The Kier molecular flexibility index (Phi) is 4.75. The second kappa shape index (κ2) is 5.65. The van der Waals surface area contributed by atoms with Gasteiger partial charge < -0.3 is 5.11 Å². The van der Waals surface area contributed by atoms with Gasteiger partial charge in [-0.3, -0.25) is 0 Å². The van der Waals surface area contributed by atoms with Crippen LogP contribution in [-0.2, 0) is 5.60 Å². The van der Waals surface area contributed by atoms with Gasteiger partial charge in [0.1, 0.15) is 5.82 Å². The maximum Gasteiger partial charge on any atom is 0.123 e. The molecule has 3 heteroatoms. The van der Waals surface area contributed by atoms with Crippen LogP contribution in [0.5, 0.6) is 0 Å². The highest BCUT2D eigenvalue weighted by Crippen LogP contribution is 2.32. The molecule has 1 rings (SSSR count).